The Morgan fingerprint density at radius 3 is 2.33 bits per heavy atom. The van der Waals surface area contributed by atoms with Gasteiger partial charge < -0.3 is 9.47 Å². The van der Waals surface area contributed by atoms with Gasteiger partial charge in [0.25, 0.3) is 0 Å². The molecule has 2 atom stereocenters. The van der Waals surface area contributed by atoms with Gasteiger partial charge in [-0.25, -0.2) is 13.2 Å². The molecule has 0 aliphatic carbocycles. The van der Waals surface area contributed by atoms with E-state index in [1.165, 1.54) is 0 Å². The van der Waals surface area contributed by atoms with Gasteiger partial charge in [0.05, 0.1) is 25.2 Å². The van der Waals surface area contributed by atoms with Gasteiger partial charge in [0.1, 0.15) is 5.75 Å². The number of carbonyl (C=O) groups excluding carboxylic acids is 2. The lowest BCUT2D eigenvalue weighted by Gasteiger charge is -2.35. The van der Waals surface area contributed by atoms with E-state index in [4.69, 9.17) is 9.47 Å². The second-order valence-corrected chi connectivity index (χ2v) is 10.3. The van der Waals surface area contributed by atoms with Crippen LogP contribution in [0, 0.1) is 6.92 Å². The number of nitrogens with zero attached hydrogens (tertiary/aromatic N) is 1. The molecule has 0 radical (unpaired) electrons. The Balaban J connectivity index is 1.99. The van der Waals surface area contributed by atoms with Crippen LogP contribution in [-0.4, -0.2) is 62.6 Å². The van der Waals surface area contributed by atoms with Crippen molar-refractivity contribution in [1.82, 2.24) is 10.2 Å². The van der Waals surface area contributed by atoms with Gasteiger partial charge in [-0.3, -0.25) is 15.0 Å². The van der Waals surface area contributed by atoms with Gasteiger partial charge in [0, 0.05) is 18.2 Å². The van der Waals surface area contributed by atoms with Gasteiger partial charge in [-0.1, -0.05) is 42.0 Å². The Labute approximate surface area is 194 Å². The number of nitrogens with one attached hydrogen (secondary N) is 1. The minimum Gasteiger partial charge on any atom is -0.497 e. The quantitative estimate of drug-likeness (QED) is 0.440. The summed E-state index contributed by atoms with van der Waals surface area (Å²) in [5.41, 5.74) is 2.27. The smallest absolute Gasteiger partial charge is 0.408 e. The predicted octanol–water partition coefficient (Wildman–Crippen LogP) is 2.95. The highest BCUT2D eigenvalue weighted by atomic mass is 32.2. The van der Waals surface area contributed by atoms with Gasteiger partial charge >= 0.3 is 6.09 Å². The monoisotopic (exact) mass is 474 g/mol. The molecule has 1 fully saturated rings. The molecule has 8 nitrogen and oxygen atoms in total. The zero-order valence-electron chi connectivity index (χ0n) is 19.1. The summed E-state index contributed by atoms with van der Waals surface area (Å²) in [6, 6.07) is 13.9. The maximum absolute atomic E-state index is 13.6. The van der Waals surface area contributed by atoms with Crippen molar-refractivity contribution < 1.29 is 27.5 Å². The molecule has 0 bridgehead atoms. The van der Waals surface area contributed by atoms with Crippen molar-refractivity contribution in [2.75, 3.05) is 25.2 Å². The molecule has 33 heavy (non-hydrogen) atoms. The number of ether oxygens (including phenoxy) is 2. The first-order valence-corrected chi connectivity index (χ1v) is 12.7. The van der Waals surface area contributed by atoms with Crippen LogP contribution in [-0.2, 0) is 21.1 Å². The van der Waals surface area contributed by atoms with E-state index >= 15 is 0 Å². The Kier molecular flexibility index (Phi) is 8.10. The van der Waals surface area contributed by atoms with E-state index in [0.29, 0.717) is 17.7 Å². The molecule has 3 rings (SSSR count). The molecule has 1 aliphatic rings. The van der Waals surface area contributed by atoms with Crippen molar-refractivity contribution in [3.63, 3.8) is 0 Å². The molecule has 0 saturated carbocycles. The molecule has 2 aromatic carbocycles. The zero-order valence-corrected chi connectivity index (χ0v) is 19.9. The number of ketones is 1. The summed E-state index contributed by atoms with van der Waals surface area (Å²) in [5.74, 6) is 0.319. The number of sulfone groups is 1. The number of hydrogen-bond acceptors (Lipinski definition) is 7. The first-order valence-electron chi connectivity index (χ1n) is 10.9. The van der Waals surface area contributed by atoms with Crippen LogP contribution >= 0.6 is 0 Å². The SMILES string of the molecule is CCOC(=O)NC(C(=O)c1ccc(C)cc1)N(Cc1ccc(OC)cc1)C1CCS(=O)(=O)C1. The number of hydrogen-bond donors (Lipinski definition) is 1. The summed E-state index contributed by atoms with van der Waals surface area (Å²) < 4.78 is 34.8. The Hall–Kier alpha value is -2.91. The summed E-state index contributed by atoms with van der Waals surface area (Å²) >= 11 is 0. The van der Waals surface area contributed by atoms with Gasteiger partial charge in [-0.15, -0.1) is 0 Å². The number of rotatable bonds is 9. The van der Waals surface area contributed by atoms with E-state index in [2.05, 4.69) is 5.32 Å². The Morgan fingerprint density at radius 1 is 1.12 bits per heavy atom. The van der Waals surface area contributed by atoms with Crippen molar-refractivity contribution in [2.24, 2.45) is 0 Å². The summed E-state index contributed by atoms with van der Waals surface area (Å²) in [6.07, 6.45) is -1.45. The van der Waals surface area contributed by atoms with Gasteiger partial charge in [-0.05, 0) is 38.0 Å². The normalized spacial score (nSPS) is 18.0. The Bertz CT molecular complexity index is 1070. The minimum absolute atomic E-state index is 0.0433. The van der Waals surface area contributed by atoms with Crippen LogP contribution in [0.2, 0.25) is 0 Å². The molecule has 2 unspecified atom stereocenters. The van der Waals surface area contributed by atoms with Gasteiger partial charge in [0.15, 0.2) is 21.8 Å². The van der Waals surface area contributed by atoms with E-state index in [1.807, 2.05) is 31.2 Å². The van der Waals surface area contributed by atoms with Gasteiger partial charge in [0.2, 0.25) is 0 Å². The average Bonchev–Trinajstić information content (AvgIpc) is 3.16. The van der Waals surface area contributed by atoms with Crippen molar-refractivity contribution >= 4 is 21.7 Å². The zero-order chi connectivity index (χ0) is 24.0. The van der Waals surface area contributed by atoms with Crippen LogP contribution in [0.4, 0.5) is 4.79 Å². The average molecular weight is 475 g/mol. The van der Waals surface area contributed by atoms with Crippen LogP contribution in [0.25, 0.3) is 0 Å². The van der Waals surface area contributed by atoms with Crippen LogP contribution in [0.15, 0.2) is 48.5 Å². The Morgan fingerprint density at radius 2 is 1.79 bits per heavy atom. The number of aryl methyl sites for hydroxylation is 1. The first-order chi connectivity index (χ1) is 15.7. The third-order valence-corrected chi connectivity index (χ3v) is 7.40. The van der Waals surface area contributed by atoms with E-state index < -0.39 is 28.1 Å². The molecule has 1 aliphatic heterocycles. The highest BCUT2D eigenvalue weighted by Gasteiger charge is 2.39. The van der Waals surface area contributed by atoms with Crippen LogP contribution in [0.3, 0.4) is 0 Å². The molecule has 2 aromatic rings. The lowest BCUT2D eigenvalue weighted by Crippen LogP contribution is -2.56. The summed E-state index contributed by atoms with van der Waals surface area (Å²) in [4.78, 5) is 27.7. The van der Waals surface area contributed by atoms with Crippen molar-refractivity contribution in [1.29, 1.82) is 0 Å². The molecule has 1 amide bonds. The highest BCUT2D eigenvalue weighted by molar-refractivity contribution is 7.91. The molecule has 0 aromatic heterocycles. The van der Waals surface area contributed by atoms with Crippen molar-refractivity contribution in [3.05, 3.63) is 65.2 Å². The number of methoxy groups -OCH3 is 1. The first kappa shape index (κ1) is 24.7. The molecule has 0 spiro atoms. The largest absolute Gasteiger partial charge is 0.497 e. The molecule has 178 valence electrons. The number of carbonyl (C=O) groups is 2. The second-order valence-electron chi connectivity index (χ2n) is 8.07. The lowest BCUT2D eigenvalue weighted by atomic mass is 10.0. The van der Waals surface area contributed by atoms with E-state index in [9.17, 15) is 18.0 Å². The summed E-state index contributed by atoms with van der Waals surface area (Å²) in [6.45, 7) is 4.00. The van der Waals surface area contributed by atoms with Crippen molar-refractivity contribution in [2.45, 2.75) is 39.0 Å². The maximum Gasteiger partial charge on any atom is 0.408 e. The van der Waals surface area contributed by atoms with Crippen molar-refractivity contribution in [3.8, 4) is 5.75 Å². The van der Waals surface area contributed by atoms with Gasteiger partial charge in [-0.2, -0.15) is 0 Å². The molecule has 1 saturated heterocycles. The standard InChI is InChI=1S/C24H30N2O6S/c1-4-32-24(28)25-23(22(27)19-9-5-17(2)6-10-19)26(20-13-14-33(29,30)16-20)15-18-7-11-21(31-3)12-8-18/h5-12,20,23H,4,13-16H2,1-3H3,(H,25,28). The summed E-state index contributed by atoms with van der Waals surface area (Å²) in [7, 11) is -1.65. The fourth-order valence-corrected chi connectivity index (χ4v) is 5.61. The highest BCUT2D eigenvalue weighted by Crippen LogP contribution is 2.24. The number of alkyl carbamates (subject to hydrolysis) is 1. The van der Waals surface area contributed by atoms with Crippen LogP contribution in [0.1, 0.15) is 34.8 Å². The van der Waals surface area contributed by atoms with E-state index in [-0.39, 0.29) is 30.4 Å². The number of amides is 1. The maximum atomic E-state index is 13.6. The fraction of sp³-hybridized carbons (Fsp3) is 0.417. The van der Waals surface area contributed by atoms with Crippen LogP contribution in [0.5, 0.6) is 5.75 Å². The molecule has 1 N–H and O–H groups in total. The lowest BCUT2D eigenvalue weighted by molar-refractivity contribution is 0.0619. The molecular formula is C24H30N2O6S. The van der Waals surface area contributed by atoms with E-state index in [1.54, 1.807) is 43.2 Å². The predicted molar refractivity (Wildman–Crippen MR) is 125 cm³/mol. The third-order valence-electron chi connectivity index (χ3n) is 5.65. The summed E-state index contributed by atoms with van der Waals surface area (Å²) in [5, 5.41) is 2.67. The molecular weight excluding hydrogens is 444 g/mol. The van der Waals surface area contributed by atoms with Crippen LogP contribution < -0.4 is 10.1 Å². The minimum atomic E-state index is -3.23. The topological polar surface area (TPSA) is 102 Å². The third kappa shape index (κ3) is 6.55. The fourth-order valence-electron chi connectivity index (χ4n) is 3.87. The number of benzene rings is 2. The second kappa shape index (κ2) is 10.8. The molecule has 9 heteroatoms. The van der Waals surface area contributed by atoms with E-state index in [0.717, 1.165) is 11.1 Å². The molecule has 1 heterocycles. The number of Topliss-reactive ketones (excluding diaryl/α,β-unsaturated/α-hetero) is 1.